The first kappa shape index (κ1) is 8.76. The predicted octanol–water partition coefficient (Wildman–Crippen LogP) is 3.12. The molecule has 1 aromatic heterocycles. The third kappa shape index (κ3) is 2.05. The highest BCUT2D eigenvalue weighted by Gasteiger charge is 2.05. The average Bonchev–Trinajstić information content (AvgIpc) is 2.50. The maximum atomic E-state index is 8.55. The molecule has 0 saturated heterocycles. The smallest absolute Gasteiger partial charge is 0.100 e. The van der Waals surface area contributed by atoms with Crippen molar-refractivity contribution < 1.29 is 0 Å². The SMILES string of the molecule is CC(CBr)c1cc(C#N)cs1. The van der Waals surface area contributed by atoms with Crippen LogP contribution in [0.15, 0.2) is 11.4 Å². The zero-order valence-corrected chi connectivity index (χ0v) is 8.58. The molecule has 1 nitrogen and oxygen atoms in total. The summed E-state index contributed by atoms with van der Waals surface area (Å²) in [7, 11) is 0. The van der Waals surface area contributed by atoms with Crippen molar-refractivity contribution in [2.24, 2.45) is 0 Å². The van der Waals surface area contributed by atoms with Gasteiger partial charge in [0.25, 0.3) is 0 Å². The number of rotatable bonds is 2. The summed E-state index contributed by atoms with van der Waals surface area (Å²) < 4.78 is 0. The van der Waals surface area contributed by atoms with E-state index in [9.17, 15) is 0 Å². The number of nitrogens with zero attached hydrogens (tertiary/aromatic N) is 1. The standard InChI is InChI=1S/C8H8BrNS/c1-6(3-9)8-2-7(4-10)5-11-8/h2,5-6H,3H2,1H3. The van der Waals surface area contributed by atoms with Gasteiger partial charge in [0.1, 0.15) is 6.07 Å². The molecule has 1 atom stereocenters. The van der Waals surface area contributed by atoms with E-state index in [2.05, 4.69) is 28.9 Å². The second-order valence-electron chi connectivity index (χ2n) is 2.40. The normalized spacial score (nSPS) is 12.5. The molecule has 0 aliphatic heterocycles. The minimum absolute atomic E-state index is 0.516. The van der Waals surface area contributed by atoms with E-state index in [0.29, 0.717) is 5.92 Å². The summed E-state index contributed by atoms with van der Waals surface area (Å²) in [6.45, 7) is 2.14. The summed E-state index contributed by atoms with van der Waals surface area (Å²) in [6, 6.07) is 4.08. The van der Waals surface area contributed by atoms with Crippen LogP contribution in [0.1, 0.15) is 23.3 Å². The molecule has 0 aromatic carbocycles. The zero-order valence-electron chi connectivity index (χ0n) is 6.17. The fraction of sp³-hybridized carbons (Fsp3) is 0.375. The van der Waals surface area contributed by atoms with Crippen LogP contribution in [0.5, 0.6) is 0 Å². The van der Waals surface area contributed by atoms with Gasteiger partial charge in [-0.2, -0.15) is 5.26 Å². The van der Waals surface area contributed by atoms with Gasteiger partial charge in [0.2, 0.25) is 0 Å². The van der Waals surface area contributed by atoms with Crippen LogP contribution in [-0.4, -0.2) is 5.33 Å². The van der Waals surface area contributed by atoms with E-state index < -0.39 is 0 Å². The lowest BCUT2D eigenvalue weighted by atomic mass is 10.1. The first-order chi connectivity index (χ1) is 5.27. The van der Waals surface area contributed by atoms with Crippen LogP contribution in [0.2, 0.25) is 0 Å². The molecule has 1 heterocycles. The highest BCUT2D eigenvalue weighted by atomic mass is 79.9. The van der Waals surface area contributed by atoms with E-state index in [-0.39, 0.29) is 0 Å². The Bertz CT molecular complexity index is 274. The molecule has 0 radical (unpaired) electrons. The topological polar surface area (TPSA) is 23.8 Å². The lowest BCUT2D eigenvalue weighted by Gasteiger charge is -2.01. The van der Waals surface area contributed by atoms with Gasteiger partial charge < -0.3 is 0 Å². The van der Waals surface area contributed by atoms with Crippen molar-refractivity contribution in [3.05, 3.63) is 21.9 Å². The molecule has 58 valence electrons. The fourth-order valence-electron chi connectivity index (χ4n) is 0.746. The molecule has 0 aliphatic rings. The number of hydrogen-bond acceptors (Lipinski definition) is 2. The molecule has 0 aliphatic carbocycles. The quantitative estimate of drug-likeness (QED) is 0.716. The van der Waals surface area contributed by atoms with Crippen molar-refractivity contribution in [3.8, 4) is 6.07 Å². The highest BCUT2D eigenvalue weighted by Crippen LogP contribution is 2.24. The minimum atomic E-state index is 0.516. The summed E-state index contributed by atoms with van der Waals surface area (Å²) in [4.78, 5) is 1.28. The van der Waals surface area contributed by atoms with Crippen molar-refractivity contribution >= 4 is 27.3 Å². The first-order valence-corrected chi connectivity index (χ1v) is 5.32. The van der Waals surface area contributed by atoms with Gasteiger partial charge in [-0.25, -0.2) is 0 Å². The van der Waals surface area contributed by atoms with Gasteiger partial charge >= 0.3 is 0 Å². The lowest BCUT2D eigenvalue weighted by Crippen LogP contribution is -1.88. The van der Waals surface area contributed by atoms with Crippen molar-refractivity contribution in [3.63, 3.8) is 0 Å². The largest absolute Gasteiger partial charge is 0.192 e. The Morgan fingerprint density at radius 1 is 1.82 bits per heavy atom. The third-order valence-electron chi connectivity index (χ3n) is 1.47. The number of nitriles is 1. The Hall–Kier alpha value is -0.330. The molecular weight excluding hydrogens is 222 g/mol. The molecular formula is C8H8BrNS. The van der Waals surface area contributed by atoms with E-state index in [1.165, 1.54) is 4.88 Å². The Morgan fingerprint density at radius 3 is 3.00 bits per heavy atom. The highest BCUT2D eigenvalue weighted by molar-refractivity contribution is 9.09. The van der Waals surface area contributed by atoms with Crippen LogP contribution >= 0.6 is 27.3 Å². The molecule has 1 unspecified atom stereocenters. The molecule has 11 heavy (non-hydrogen) atoms. The van der Waals surface area contributed by atoms with Gasteiger partial charge in [-0.05, 0) is 6.07 Å². The van der Waals surface area contributed by atoms with Crippen LogP contribution in [0.3, 0.4) is 0 Å². The molecule has 1 rings (SSSR count). The number of hydrogen-bond donors (Lipinski definition) is 0. The Balaban J connectivity index is 2.82. The van der Waals surface area contributed by atoms with E-state index in [1.807, 2.05) is 11.4 Å². The van der Waals surface area contributed by atoms with Gasteiger partial charge in [0.15, 0.2) is 0 Å². The van der Waals surface area contributed by atoms with Crippen molar-refractivity contribution in [2.75, 3.05) is 5.33 Å². The average molecular weight is 230 g/mol. The lowest BCUT2D eigenvalue weighted by molar-refractivity contribution is 0.912. The van der Waals surface area contributed by atoms with Gasteiger partial charge in [0, 0.05) is 21.5 Å². The van der Waals surface area contributed by atoms with Crippen molar-refractivity contribution in [2.45, 2.75) is 12.8 Å². The number of thiophene rings is 1. The van der Waals surface area contributed by atoms with Gasteiger partial charge in [-0.1, -0.05) is 22.9 Å². The Kier molecular flexibility index (Phi) is 3.10. The van der Waals surface area contributed by atoms with Gasteiger partial charge in [-0.15, -0.1) is 11.3 Å². The predicted molar refractivity (Wildman–Crippen MR) is 51.2 cm³/mol. The zero-order chi connectivity index (χ0) is 8.27. The van der Waals surface area contributed by atoms with Crippen molar-refractivity contribution in [1.29, 1.82) is 5.26 Å². The second kappa shape index (κ2) is 3.89. The Labute approximate surface area is 78.8 Å². The van der Waals surface area contributed by atoms with Crippen molar-refractivity contribution in [1.82, 2.24) is 0 Å². The summed E-state index contributed by atoms with van der Waals surface area (Å²) >= 11 is 5.06. The van der Waals surface area contributed by atoms with E-state index in [1.54, 1.807) is 11.3 Å². The van der Waals surface area contributed by atoms with E-state index >= 15 is 0 Å². The van der Waals surface area contributed by atoms with E-state index in [0.717, 1.165) is 10.9 Å². The van der Waals surface area contributed by atoms with Crippen LogP contribution in [0.4, 0.5) is 0 Å². The van der Waals surface area contributed by atoms with Crippen LogP contribution in [-0.2, 0) is 0 Å². The summed E-state index contributed by atoms with van der Waals surface area (Å²) in [6.07, 6.45) is 0. The molecule has 0 fully saturated rings. The summed E-state index contributed by atoms with van der Waals surface area (Å²) in [5.74, 6) is 0.516. The molecule has 0 saturated carbocycles. The summed E-state index contributed by atoms with van der Waals surface area (Å²) in [5.41, 5.74) is 0.776. The van der Waals surface area contributed by atoms with Crippen LogP contribution < -0.4 is 0 Å². The third-order valence-corrected chi connectivity index (χ3v) is 3.60. The second-order valence-corrected chi connectivity index (χ2v) is 4.00. The van der Waals surface area contributed by atoms with Crippen LogP contribution in [0, 0.1) is 11.3 Å². The van der Waals surface area contributed by atoms with Gasteiger partial charge in [0.05, 0.1) is 5.56 Å². The molecule has 3 heteroatoms. The fourth-order valence-corrected chi connectivity index (χ4v) is 2.20. The maximum absolute atomic E-state index is 8.55. The summed E-state index contributed by atoms with van der Waals surface area (Å²) in [5, 5.41) is 11.4. The maximum Gasteiger partial charge on any atom is 0.100 e. The molecule has 0 amide bonds. The Morgan fingerprint density at radius 2 is 2.55 bits per heavy atom. The minimum Gasteiger partial charge on any atom is -0.192 e. The monoisotopic (exact) mass is 229 g/mol. The number of alkyl halides is 1. The number of halogens is 1. The van der Waals surface area contributed by atoms with E-state index in [4.69, 9.17) is 5.26 Å². The molecule has 1 aromatic rings. The van der Waals surface area contributed by atoms with Gasteiger partial charge in [-0.3, -0.25) is 0 Å². The molecule has 0 bridgehead atoms. The first-order valence-electron chi connectivity index (χ1n) is 3.32. The molecule has 0 N–H and O–H groups in total. The van der Waals surface area contributed by atoms with Crippen LogP contribution in [0.25, 0.3) is 0 Å². The molecule has 0 spiro atoms.